The van der Waals surface area contributed by atoms with E-state index in [0.717, 1.165) is 41.3 Å². The minimum Gasteiger partial charge on any atom is -0.312 e. The Bertz CT molecular complexity index is 1180. The molecule has 0 aliphatic heterocycles. The van der Waals surface area contributed by atoms with E-state index in [-0.39, 0.29) is 15.4 Å². The van der Waals surface area contributed by atoms with Crippen LogP contribution in [0.5, 0.6) is 0 Å². The van der Waals surface area contributed by atoms with E-state index in [2.05, 4.69) is 5.32 Å². The molecule has 1 amide bonds. The van der Waals surface area contributed by atoms with Gasteiger partial charge in [0.25, 0.3) is 5.91 Å². The molecule has 1 heterocycles. The van der Waals surface area contributed by atoms with E-state index in [1.807, 2.05) is 6.92 Å². The van der Waals surface area contributed by atoms with Crippen molar-refractivity contribution in [3.8, 4) is 0 Å². The summed E-state index contributed by atoms with van der Waals surface area (Å²) in [5.41, 5.74) is 1.92. The zero-order valence-corrected chi connectivity index (χ0v) is 17.5. The number of benzene rings is 2. The van der Waals surface area contributed by atoms with Crippen LogP contribution in [0.4, 0.5) is 9.39 Å². The maximum Gasteiger partial charge on any atom is 0.256 e. The van der Waals surface area contributed by atoms with Crippen LogP contribution in [0.25, 0.3) is 0 Å². The van der Waals surface area contributed by atoms with Gasteiger partial charge in [-0.2, -0.15) is 0 Å². The topological polar surface area (TPSA) is 63.2 Å². The predicted octanol–water partition coefficient (Wildman–Crippen LogP) is 5.16. The number of rotatable bonds is 4. The number of aryl methyl sites for hydroxylation is 2. The van der Waals surface area contributed by atoms with Crippen LogP contribution in [0.1, 0.15) is 39.2 Å². The van der Waals surface area contributed by atoms with Gasteiger partial charge in [0.15, 0.2) is 0 Å². The van der Waals surface area contributed by atoms with E-state index in [1.54, 1.807) is 24.3 Å². The van der Waals surface area contributed by atoms with Crippen molar-refractivity contribution < 1.29 is 17.6 Å². The van der Waals surface area contributed by atoms with Crippen molar-refractivity contribution in [2.75, 3.05) is 5.32 Å². The van der Waals surface area contributed by atoms with Gasteiger partial charge in [-0.1, -0.05) is 23.8 Å². The molecule has 2 aromatic carbocycles. The lowest BCUT2D eigenvalue weighted by Gasteiger charge is -2.14. The molecule has 0 fully saturated rings. The number of halogens is 1. The molecular weight excluding hydrogens is 409 g/mol. The van der Waals surface area contributed by atoms with Crippen molar-refractivity contribution in [1.82, 2.24) is 0 Å². The second-order valence-corrected chi connectivity index (χ2v) is 10.1. The van der Waals surface area contributed by atoms with E-state index in [0.29, 0.717) is 11.4 Å². The molecule has 0 saturated heterocycles. The normalized spacial score (nSPS) is 13.7. The van der Waals surface area contributed by atoms with Crippen LogP contribution in [0.2, 0.25) is 0 Å². The Kier molecular flexibility index (Phi) is 5.27. The Balaban J connectivity index is 1.80. The van der Waals surface area contributed by atoms with Crippen LogP contribution in [-0.4, -0.2) is 14.3 Å². The minimum atomic E-state index is -3.80. The molecule has 0 bridgehead atoms. The molecule has 0 spiro atoms. The predicted molar refractivity (Wildman–Crippen MR) is 112 cm³/mol. The van der Waals surface area contributed by atoms with Gasteiger partial charge in [-0.3, -0.25) is 4.79 Å². The number of carbonyl (C=O) groups is 1. The molecule has 29 heavy (non-hydrogen) atoms. The highest BCUT2D eigenvalue weighted by molar-refractivity contribution is 7.92. The van der Waals surface area contributed by atoms with Crippen molar-refractivity contribution in [3.05, 3.63) is 75.9 Å². The highest BCUT2D eigenvalue weighted by Crippen LogP contribution is 2.43. The number of amides is 1. The number of nitrogens with one attached hydrogen (secondary N) is 1. The summed E-state index contributed by atoms with van der Waals surface area (Å²) in [6.07, 6.45) is 3.38. The SMILES string of the molecule is Cc1ccc(S(=O)(=O)c2c(NC(=O)c3cccc(F)c3)sc3c2CCCC3)cc1. The van der Waals surface area contributed by atoms with Gasteiger partial charge in [-0.05, 0) is 68.5 Å². The molecule has 0 saturated carbocycles. The summed E-state index contributed by atoms with van der Waals surface area (Å²) in [6.45, 7) is 1.90. The van der Waals surface area contributed by atoms with E-state index in [1.165, 1.54) is 29.5 Å². The summed E-state index contributed by atoms with van der Waals surface area (Å²) in [6, 6.07) is 12.1. The Hall–Kier alpha value is -2.51. The van der Waals surface area contributed by atoms with Crippen molar-refractivity contribution in [3.63, 3.8) is 0 Å². The Morgan fingerprint density at radius 2 is 1.79 bits per heavy atom. The van der Waals surface area contributed by atoms with E-state index in [4.69, 9.17) is 0 Å². The van der Waals surface area contributed by atoms with E-state index in [9.17, 15) is 17.6 Å². The van der Waals surface area contributed by atoms with Crippen molar-refractivity contribution in [2.45, 2.75) is 42.4 Å². The first-order chi connectivity index (χ1) is 13.9. The van der Waals surface area contributed by atoms with Crippen molar-refractivity contribution in [2.24, 2.45) is 0 Å². The molecule has 0 atom stereocenters. The first-order valence-electron chi connectivity index (χ1n) is 9.39. The zero-order valence-electron chi connectivity index (χ0n) is 15.9. The average Bonchev–Trinajstić information content (AvgIpc) is 3.07. The first kappa shape index (κ1) is 19.8. The molecule has 1 N–H and O–H groups in total. The van der Waals surface area contributed by atoms with Crippen LogP contribution in [0, 0.1) is 12.7 Å². The summed E-state index contributed by atoms with van der Waals surface area (Å²) in [7, 11) is -3.80. The molecule has 1 aliphatic rings. The molecule has 1 aliphatic carbocycles. The molecule has 4 nitrogen and oxygen atoms in total. The smallest absolute Gasteiger partial charge is 0.256 e. The highest BCUT2D eigenvalue weighted by Gasteiger charge is 2.31. The molecule has 0 radical (unpaired) electrons. The molecule has 3 aromatic rings. The lowest BCUT2D eigenvalue weighted by Crippen LogP contribution is -2.15. The third-order valence-corrected chi connectivity index (χ3v) is 8.25. The second kappa shape index (κ2) is 7.72. The van der Waals surface area contributed by atoms with Crippen LogP contribution < -0.4 is 5.32 Å². The summed E-state index contributed by atoms with van der Waals surface area (Å²) >= 11 is 1.31. The summed E-state index contributed by atoms with van der Waals surface area (Å²) in [5.74, 6) is -1.04. The van der Waals surface area contributed by atoms with Gasteiger partial charge >= 0.3 is 0 Å². The number of hydrogen-bond donors (Lipinski definition) is 1. The quantitative estimate of drug-likeness (QED) is 0.623. The summed E-state index contributed by atoms with van der Waals surface area (Å²) < 4.78 is 40.4. The number of hydrogen-bond acceptors (Lipinski definition) is 4. The summed E-state index contributed by atoms with van der Waals surface area (Å²) in [5, 5.41) is 3.04. The van der Waals surface area contributed by atoms with Crippen LogP contribution in [0.15, 0.2) is 58.3 Å². The van der Waals surface area contributed by atoms with Gasteiger partial charge in [0.1, 0.15) is 15.7 Å². The number of fused-ring (bicyclic) bond motifs is 1. The molecule has 150 valence electrons. The van der Waals surface area contributed by atoms with E-state index < -0.39 is 21.6 Å². The Morgan fingerprint density at radius 3 is 2.52 bits per heavy atom. The van der Waals surface area contributed by atoms with Crippen LogP contribution in [-0.2, 0) is 22.7 Å². The summed E-state index contributed by atoms with van der Waals surface area (Å²) in [4.78, 5) is 14.1. The Morgan fingerprint density at radius 1 is 1.07 bits per heavy atom. The van der Waals surface area contributed by atoms with E-state index >= 15 is 0 Å². The number of carbonyl (C=O) groups excluding carboxylic acids is 1. The zero-order chi connectivity index (χ0) is 20.6. The fraction of sp³-hybridized carbons (Fsp3) is 0.227. The standard InChI is InChI=1S/C22H20FNO3S2/c1-14-9-11-17(12-10-14)29(26,27)20-18-7-2-3-8-19(18)28-22(20)24-21(25)15-5-4-6-16(23)13-15/h4-6,9-13H,2-3,7-8H2,1H3,(H,24,25). The average molecular weight is 430 g/mol. The van der Waals surface area contributed by atoms with Gasteiger partial charge in [0.05, 0.1) is 4.90 Å². The molecule has 7 heteroatoms. The van der Waals surface area contributed by atoms with Gasteiger partial charge in [-0.25, -0.2) is 12.8 Å². The fourth-order valence-corrected chi connectivity index (χ4v) is 6.82. The minimum absolute atomic E-state index is 0.148. The third-order valence-electron chi connectivity index (χ3n) is 5.04. The molecule has 1 aromatic heterocycles. The molecule has 0 unspecified atom stereocenters. The molecular formula is C22H20FNO3S2. The lowest BCUT2D eigenvalue weighted by molar-refractivity contribution is 0.102. The van der Waals surface area contributed by atoms with Gasteiger partial charge in [-0.15, -0.1) is 11.3 Å². The number of sulfone groups is 1. The Labute approximate surface area is 173 Å². The monoisotopic (exact) mass is 429 g/mol. The van der Waals surface area contributed by atoms with Gasteiger partial charge < -0.3 is 5.32 Å². The first-order valence-corrected chi connectivity index (χ1v) is 11.7. The fourth-order valence-electron chi connectivity index (χ4n) is 3.54. The largest absolute Gasteiger partial charge is 0.312 e. The number of anilines is 1. The molecule has 4 rings (SSSR count). The van der Waals surface area contributed by atoms with Crippen LogP contribution >= 0.6 is 11.3 Å². The lowest BCUT2D eigenvalue weighted by atomic mass is 9.99. The third kappa shape index (κ3) is 3.84. The second-order valence-electron chi connectivity index (χ2n) is 7.15. The number of thiophene rings is 1. The van der Waals surface area contributed by atoms with Crippen molar-refractivity contribution in [1.29, 1.82) is 0 Å². The van der Waals surface area contributed by atoms with Gasteiger partial charge in [0, 0.05) is 10.4 Å². The maximum atomic E-state index is 13.5. The highest BCUT2D eigenvalue weighted by atomic mass is 32.2. The van der Waals surface area contributed by atoms with Gasteiger partial charge in [0.2, 0.25) is 9.84 Å². The maximum absolute atomic E-state index is 13.5. The van der Waals surface area contributed by atoms with Crippen molar-refractivity contribution >= 4 is 32.1 Å². The van der Waals surface area contributed by atoms with Crippen LogP contribution in [0.3, 0.4) is 0 Å².